The third-order valence-electron chi connectivity index (χ3n) is 3.96. The zero-order valence-electron chi connectivity index (χ0n) is 13.0. The van der Waals surface area contributed by atoms with Gasteiger partial charge in [-0.3, -0.25) is 9.48 Å². The van der Waals surface area contributed by atoms with Gasteiger partial charge in [-0.2, -0.15) is 10.1 Å². The number of hydrogen-bond acceptors (Lipinski definition) is 5. The van der Waals surface area contributed by atoms with Crippen molar-refractivity contribution >= 4 is 5.91 Å². The molecule has 2 aromatic rings. The number of aromatic nitrogens is 4. The van der Waals surface area contributed by atoms with Crippen LogP contribution in [-0.4, -0.2) is 37.3 Å². The Morgan fingerprint density at radius 2 is 2.32 bits per heavy atom. The quantitative estimate of drug-likeness (QED) is 0.864. The summed E-state index contributed by atoms with van der Waals surface area (Å²) < 4.78 is 7.04. The number of carbonyl (C=O) groups excluding carboxylic acids is 1. The number of piperidine rings is 1. The van der Waals surface area contributed by atoms with Gasteiger partial charge in [0.05, 0.1) is 11.8 Å². The summed E-state index contributed by atoms with van der Waals surface area (Å²) in [4.78, 5) is 19.0. The van der Waals surface area contributed by atoms with Crippen LogP contribution in [-0.2, 0) is 13.5 Å². The molecule has 0 saturated carbocycles. The van der Waals surface area contributed by atoms with Crippen molar-refractivity contribution in [3.8, 4) is 0 Å². The maximum absolute atomic E-state index is 12.7. The Morgan fingerprint density at radius 1 is 1.45 bits per heavy atom. The Hall–Kier alpha value is -2.18. The first-order chi connectivity index (χ1) is 10.7. The molecule has 0 unspecified atom stereocenters. The average molecular weight is 303 g/mol. The fourth-order valence-corrected chi connectivity index (χ4v) is 2.86. The SMILES string of the molecule is CCCc1noc([C@H]2CCCCN2C(=O)c2cnn(C)c2)n1. The van der Waals surface area contributed by atoms with Gasteiger partial charge < -0.3 is 9.42 Å². The zero-order chi connectivity index (χ0) is 15.5. The van der Waals surface area contributed by atoms with Crippen molar-refractivity contribution in [3.05, 3.63) is 29.7 Å². The van der Waals surface area contributed by atoms with Gasteiger partial charge in [0.25, 0.3) is 5.91 Å². The summed E-state index contributed by atoms with van der Waals surface area (Å²) in [6, 6.07) is -0.125. The summed E-state index contributed by atoms with van der Waals surface area (Å²) in [7, 11) is 1.81. The predicted octanol–water partition coefficient (Wildman–Crippen LogP) is 2.12. The molecule has 7 nitrogen and oxygen atoms in total. The molecule has 1 fully saturated rings. The van der Waals surface area contributed by atoms with Crippen molar-refractivity contribution < 1.29 is 9.32 Å². The van der Waals surface area contributed by atoms with Crippen LogP contribution in [0.25, 0.3) is 0 Å². The van der Waals surface area contributed by atoms with Gasteiger partial charge in [0.15, 0.2) is 5.82 Å². The van der Waals surface area contributed by atoms with E-state index in [4.69, 9.17) is 4.52 Å². The highest BCUT2D eigenvalue weighted by atomic mass is 16.5. The molecule has 1 aliphatic heterocycles. The molecule has 0 spiro atoms. The lowest BCUT2D eigenvalue weighted by molar-refractivity contribution is 0.0561. The molecule has 0 aliphatic carbocycles. The highest BCUT2D eigenvalue weighted by Gasteiger charge is 2.33. The van der Waals surface area contributed by atoms with Crippen LogP contribution < -0.4 is 0 Å². The molecule has 1 atom stereocenters. The first-order valence-corrected chi connectivity index (χ1v) is 7.81. The summed E-state index contributed by atoms with van der Waals surface area (Å²) in [6.45, 7) is 2.79. The summed E-state index contributed by atoms with van der Waals surface area (Å²) in [5, 5.41) is 8.09. The summed E-state index contributed by atoms with van der Waals surface area (Å²) in [5.41, 5.74) is 0.600. The number of rotatable bonds is 4. The number of carbonyl (C=O) groups is 1. The Morgan fingerprint density at radius 3 is 3.05 bits per heavy atom. The van der Waals surface area contributed by atoms with E-state index < -0.39 is 0 Å². The van der Waals surface area contributed by atoms with E-state index >= 15 is 0 Å². The summed E-state index contributed by atoms with van der Waals surface area (Å²) in [6.07, 6.45) is 8.04. The van der Waals surface area contributed by atoms with E-state index in [2.05, 4.69) is 22.2 Å². The van der Waals surface area contributed by atoms with E-state index in [0.29, 0.717) is 18.0 Å². The van der Waals surface area contributed by atoms with Gasteiger partial charge in [0.1, 0.15) is 6.04 Å². The Balaban J connectivity index is 1.82. The molecule has 3 rings (SSSR count). The molecule has 118 valence electrons. The topological polar surface area (TPSA) is 77.0 Å². The predicted molar refractivity (Wildman–Crippen MR) is 79.1 cm³/mol. The minimum atomic E-state index is -0.125. The van der Waals surface area contributed by atoms with E-state index in [1.807, 2.05) is 4.90 Å². The summed E-state index contributed by atoms with van der Waals surface area (Å²) in [5.74, 6) is 1.25. The number of hydrogen-bond donors (Lipinski definition) is 0. The fourth-order valence-electron chi connectivity index (χ4n) is 2.86. The molecular formula is C15H21N5O2. The van der Waals surface area contributed by atoms with Crippen molar-refractivity contribution in [1.82, 2.24) is 24.8 Å². The number of nitrogens with zero attached hydrogens (tertiary/aromatic N) is 5. The van der Waals surface area contributed by atoms with Gasteiger partial charge in [0.2, 0.25) is 5.89 Å². The van der Waals surface area contributed by atoms with Crippen LogP contribution in [0.2, 0.25) is 0 Å². The molecule has 0 N–H and O–H groups in total. The van der Waals surface area contributed by atoms with Gasteiger partial charge >= 0.3 is 0 Å². The molecule has 1 aliphatic rings. The van der Waals surface area contributed by atoms with E-state index in [1.165, 1.54) is 0 Å². The Bertz CT molecular complexity index is 648. The molecule has 0 aromatic carbocycles. The van der Waals surface area contributed by atoms with E-state index in [0.717, 1.165) is 37.9 Å². The Kier molecular flexibility index (Phi) is 4.22. The second-order valence-electron chi connectivity index (χ2n) is 5.71. The van der Waals surface area contributed by atoms with Crippen LogP contribution in [0.4, 0.5) is 0 Å². The largest absolute Gasteiger partial charge is 0.337 e. The third-order valence-corrected chi connectivity index (χ3v) is 3.96. The van der Waals surface area contributed by atoms with E-state index in [9.17, 15) is 4.79 Å². The maximum atomic E-state index is 12.7. The van der Waals surface area contributed by atoms with E-state index in [-0.39, 0.29) is 11.9 Å². The van der Waals surface area contributed by atoms with Gasteiger partial charge in [-0.1, -0.05) is 12.1 Å². The van der Waals surface area contributed by atoms with Crippen LogP contribution in [0.5, 0.6) is 0 Å². The summed E-state index contributed by atoms with van der Waals surface area (Å²) >= 11 is 0. The van der Waals surface area contributed by atoms with Crippen LogP contribution >= 0.6 is 0 Å². The molecule has 2 aromatic heterocycles. The van der Waals surface area contributed by atoms with Gasteiger partial charge in [0, 0.05) is 26.2 Å². The van der Waals surface area contributed by atoms with Crippen LogP contribution in [0, 0.1) is 0 Å². The lowest BCUT2D eigenvalue weighted by Crippen LogP contribution is -2.38. The number of likely N-dealkylation sites (tertiary alicyclic amines) is 1. The first kappa shape index (κ1) is 14.7. The fraction of sp³-hybridized carbons (Fsp3) is 0.600. The van der Waals surface area contributed by atoms with Crippen molar-refractivity contribution in [2.24, 2.45) is 7.05 Å². The second kappa shape index (κ2) is 6.29. The highest BCUT2D eigenvalue weighted by molar-refractivity contribution is 5.94. The van der Waals surface area contributed by atoms with Crippen LogP contribution in [0.15, 0.2) is 16.9 Å². The van der Waals surface area contributed by atoms with Gasteiger partial charge in [-0.15, -0.1) is 0 Å². The normalized spacial score (nSPS) is 18.6. The molecule has 1 saturated heterocycles. The molecule has 7 heteroatoms. The molecular weight excluding hydrogens is 282 g/mol. The second-order valence-corrected chi connectivity index (χ2v) is 5.71. The number of aryl methyl sites for hydroxylation is 2. The van der Waals surface area contributed by atoms with Crippen LogP contribution in [0.1, 0.15) is 60.7 Å². The first-order valence-electron chi connectivity index (χ1n) is 7.81. The maximum Gasteiger partial charge on any atom is 0.257 e. The molecule has 1 amide bonds. The van der Waals surface area contributed by atoms with Crippen molar-refractivity contribution in [2.75, 3.05) is 6.54 Å². The zero-order valence-corrected chi connectivity index (χ0v) is 13.0. The number of amides is 1. The van der Waals surface area contributed by atoms with Crippen molar-refractivity contribution in [2.45, 2.75) is 45.1 Å². The smallest absolute Gasteiger partial charge is 0.257 e. The molecule has 22 heavy (non-hydrogen) atoms. The monoisotopic (exact) mass is 303 g/mol. The minimum absolute atomic E-state index is 0.0203. The lowest BCUT2D eigenvalue weighted by Gasteiger charge is -2.33. The van der Waals surface area contributed by atoms with E-state index in [1.54, 1.807) is 24.1 Å². The van der Waals surface area contributed by atoms with Crippen LogP contribution in [0.3, 0.4) is 0 Å². The molecule has 0 bridgehead atoms. The van der Waals surface area contributed by atoms with Crippen molar-refractivity contribution in [1.29, 1.82) is 0 Å². The molecule has 3 heterocycles. The highest BCUT2D eigenvalue weighted by Crippen LogP contribution is 2.31. The van der Waals surface area contributed by atoms with Crippen molar-refractivity contribution in [3.63, 3.8) is 0 Å². The standard InChI is InChI=1S/C15H21N5O2/c1-3-6-13-17-14(22-18-13)12-7-4-5-8-20(12)15(21)11-9-16-19(2)10-11/h9-10,12H,3-8H2,1-2H3/t12-/m1/s1. The third kappa shape index (κ3) is 2.88. The average Bonchev–Trinajstić information content (AvgIpc) is 3.16. The minimum Gasteiger partial charge on any atom is -0.337 e. The Labute approximate surface area is 129 Å². The van der Waals surface area contributed by atoms with Gasteiger partial charge in [-0.05, 0) is 25.7 Å². The van der Waals surface area contributed by atoms with Gasteiger partial charge in [-0.25, -0.2) is 0 Å². The molecule has 0 radical (unpaired) electrons. The lowest BCUT2D eigenvalue weighted by atomic mass is 10.0.